The fraction of sp³-hybridized carbons (Fsp3) is 0.429. The molecule has 0 bridgehead atoms. The number of nitrogens with zero attached hydrogens (tertiary/aromatic N) is 1. The van der Waals surface area contributed by atoms with Crippen molar-refractivity contribution in [3.05, 3.63) is 30.1 Å². The number of rotatable bonds is 5. The van der Waals surface area contributed by atoms with Gasteiger partial charge in [-0.3, -0.25) is 9.59 Å². The van der Waals surface area contributed by atoms with Gasteiger partial charge in [0.1, 0.15) is 11.9 Å². The minimum atomic E-state index is -0.829. The van der Waals surface area contributed by atoms with E-state index in [2.05, 4.69) is 5.32 Å². The number of carbonyl (C=O) groups excluding carboxylic acids is 2. The molecule has 2 rings (SSSR count). The van der Waals surface area contributed by atoms with Gasteiger partial charge in [-0.2, -0.15) is 0 Å². The van der Waals surface area contributed by atoms with E-state index in [1.807, 2.05) is 0 Å². The standard InChI is InChI=1S/C14H18FN3O2/c15-10-4-3-5-11(8-10)17-12(14(16)20)9-13(19)18-6-1-2-7-18/h3-5,8,12,17H,1-2,6-7,9H2,(H2,16,20). The van der Waals surface area contributed by atoms with Crippen LogP contribution in [-0.4, -0.2) is 35.8 Å². The summed E-state index contributed by atoms with van der Waals surface area (Å²) in [5.74, 6) is -1.14. The Bertz CT molecular complexity index is 501. The quantitative estimate of drug-likeness (QED) is 0.847. The van der Waals surface area contributed by atoms with Crippen molar-refractivity contribution in [3.8, 4) is 0 Å². The molecule has 3 N–H and O–H groups in total. The number of likely N-dealkylation sites (tertiary alicyclic amines) is 1. The Balaban J connectivity index is 2.00. The van der Waals surface area contributed by atoms with E-state index in [0.29, 0.717) is 5.69 Å². The lowest BCUT2D eigenvalue weighted by molar-refractivity contribution is -0.132. The second-order valence-corrected chi connectivity index (χ2v) is 4.90. The first kappa shape index (κ1) is 14.3. The lowest BCUT2D eigenvalue weighted by Crippen LogP contribution is -2.41. The zero-order chi connectivity index (χ0) is 14.5. The van der Waals surface area contributed by atoms with Gasteiger partial charge in [-0.25, -0.2) is 4.39 Å². The molecular formula is C14H18FN3O2. The van der Waals surface area contributed by atoms with Crippen molar-refractivity contribution >= 4 is 17.5 Å². The number of benzene rings is 1. The first-order valence-electron chi connectivity index (χ1n) is 6.65. The lowest BCUT2D eigenvalue weighted by atomic mass is 10.1. The number of carbonyl (C=O) groups is 2. The summed E-state index contributed by atoms with van der Waals surface area (Å²) in [4.78, 5) is 25.2. The summed E-state index contributed by atoms with van der Waals surface area (Å²) in [6, 6.07) is 4.89. The van der Waals surface area contributed by atoms with Crippen LogP contribution in [0.25, 0.3) is 0 Å². The van der Waals surface area contributed by atoms with Crippen LogP contribution in [0.1, 0.15) is 19.3 Å². The summed E-state index contributed by atoms with van der Waals surface area (Å²) in [5.41, 5.74) is 5.74. The van der Waals surface area contributed by atoms with Gasteiger partial charge in [0, 0.05) is 18.8 Å². The summed E-state index contributed by atoms with van der Waals surface area (Å²) in [7, 11) is 0. The molecule has 1 aromatic carbocycles. The summed E-state index contributed by atoms with van der Waals surface area (Å²) in [5, 5.41) is 2.81. The molecule has 1 heterocycles. The Hall–Kier alpha value is -2.11. The maximum atomic E-state index is 13.1. The van der Waals surface area contributed by atoms with E-state index in [-0.39, 0.29) is 12.3 Å². The van der Waals surface area contributed by atoms with Gasteiger partial charge >= 0.3 is 0 Å². The topological polar surface area (TPSA) is 75.4 Å². The third kappa shape index (κ3) is 3.69. The first-order chi connectivity index (χ1) is 9.56. The van der Waals surface area contributed by atoms with E-state index in [1.165, 1.54) is 18.2 Å². The van der Waals surface area contributed by atoms with Crippen molar-refractivity contribution in [1.29, 1.82) is 0 Å². The van der Waals surface area contributed by atoms with Gasteiger partial charge in [-0.1, -0.05) is 6.07 Å². The molecule has 1 unspecified atom stereocenters. The first-order valence-corrected chi connectivity index (χ1v) is 6.65. The van der Waals surface area contributed by atoms with Crippen LogP contribution in [-0.2, 0) is 9.59 Å². The summed E-state index contributed by atoms with van der Waals surface area (Å²) >= 11 is 0. The number of primary amides is 1. The highest BCUT2D eigenvalue weighted by Crippen LogP contribution is 2.14. The van der Waals surface area contributed by atoms with Gasteiger partial charge in [0.05, 0.1) is 6.42 Å². The number of hydrogen-bond acceptors (Lipinski definition) is 3. The summed E-state index contributed by atoms with van der Waals surface area (Å²) in [6.45, 7) is 1.45. The van der Waals surface area contributed by atoms with E-state index in [9.17, 15) is 14.0 Å². The van der Waals surface area contributed by atoms with Crippen molar-refractivity contribution < 1.29 is 14.0 Å². The van der Waals surface area contributed by atoms with E-state index in [4.69, 9.17) is 5.73 Å². The Kier molecular flexibility index (Phi) is 4.55. The molecule has 5 nitrogen and oxygen atoms in total. The van der Waals surface area contributed by atoms with Gasteiger partial charge in [0.15, 0.2) is 0 Å². The average Bonchev–Trinajstić information content (AvgIpc) is 2.91. The predicted octanol–water partition coefficient (Wildman–Crippen LogP) is 1.10. The van der Waals surface area contributed by atoms with Gasteiger partial charge in [-0.05, 0) is 31.0 Å². The zero-order valence-electron chi connectivity index (χ0n) is 11.1. The third-order valence-electron chi connectivity index (χ3n) is 3.35. The normalized spacial score (nSPS) is 15.9. The second kappa shape index (κ2) is 6.36. The largest absolute Gasteiger partial charge is 0.373 e. The molecule has 0 radical (unpaired) electrons. The molecular weight excluding hydrogens is 261 g/mol. The molecule has 0 aromatic heterocycles. The summed E-state index contributed by atoms with van der Waals surface area (Å²) < 4.78 is 13.1. The molecule has 0 saturated carbocycles. The number of anilines is 1. The van der Waals surface area contributed by atoms with Gasteiger partial charge in [-0.15, -0.1) is 0 Å². The fourth-order valence-electron chi connectivity index (χ4n) is 2.27. The van der Waals surface area contributed by atoms with Crippen molar-refractivity contribution in [2.24, 2.45) is 5.73 Å². The number of hydrogen-bond donors (Lipinski definition) is 2. The molecule has 1 saturated heterocycles. The number of halogens is 1. The summed E-state index contributed by atoms with van der Waals surface area (Å²) in [6.07, 6.45) is 1.97. The maximum Gasteiger partial charge on any atom is 0.240 e. The van der Waals surface area contributed by atoms with Crippen LogP contribution in [0.15, 0.2) is 24.3 Å². The van der Waals surface area contributed by atoms with Crippen LogP contribution in [0.2, 0.25) is 0 Å². The Morgan fingerprint density at radius 1 is 1.35 bits per heavy atom. The average molecular weight is 279 g/mol. The van der Waals surface area contributed by atoms with Crippen molar-refractivity contribution in [2.75, 3.05) is 18.4 Å². The van der Waals surface area contributed by atoms with Crippen LogP contribution >= 0.6 is 0 Å². The van der Waals surface area contributed by atoms with Gasteiger partial charge < -0.3 is 16.0 Å². The Morgan fingerprint density at radius 3 is 2.65 bits per heavy atom. The van der Waals surface area contributed by atoms with Crippen LogP contribution < -0.4 is 11.1 Å². The van der Waals surface area contributed by atoms with Crippen molar-refractivity contribution in [3.63, 3.8) is 0 Å². The van der Waals surface area contributed by atoms with Crippen LogP contribution in [0.5, 0.6) is 0 Å². The molecule has 0 spiro atoms. The van der Waals surface area contributed by atoms with E-state index < -0.39 is 17.8 Å². The van der Waals surface area contributed by atoms with Gasteiger partial charge in [0.25, 0.3) is 0 Å². The zero-order valence-corrected chi connectivity index (χ0v) is 11.1. The molecule has 108 valence electrons. The van der Waals surface area contributed by atoms with E-state index >= 15 is 0 Å². The van der Waals surface area contributed by atoms with E-state index in [1.54, 1.807) is 11.0 Å². The monoisotopic (exact) mass is 279 g/mol. The SMILES string of the molecule is NC(=O)C(CC(=O)N1CCCC1)Nc1cccc(F)c1. The molecule has 1 aromatic rings. The van der Waals surface area contributed by atoms with Crippen LogP contribution in [0.3, 0.4) is 0 Å². The highest BCUT2D eigenvalue weighted by molar-refractivity contribution is 5.89. The Labute approximate surface area is 116 Å². The molecule has 1 aliphatic rings. The molecule has 2 amide bonds. The fourth-order valence-corrected chi connectivity index (χ4v) is 2.27. The van der Waals surface area contributed by atoms with Crippen molar-refractivity contribution in [2.45, 2.75) is 25.3 Å². The minimum absolute atomic E-state index is 0.00809. The van der Waals surface area contributed by atoms with E-state index in [0.717, 1.165) is 25.9 Å². The molecule has 1 aliphatic heterocycles. The third-order valence-corrected chi connectivity index (χ3v) is 3.35. The van der Waals surface area contributed by atoms with Crippen LogP contribution in [0, 0.1) is 5.82 Å². The highest BCUT2D eigenvalue weighted by atomic mass is 19.1. The highest BCUT2D eigenvalue weighted by Gasteiger charge is 2.24. The number of nitrogens with two attached hydrogens (primary N) is 1. The smallest absolute Gasteiger partial charge is 0.240 e. The molecule has 1 atom stereocenters. The molecule has 6 heteroatoms. The molecule has 0 aliphatic carbocycles. The van der Waals surface area contributed by atoms with Crippen molar-refractivity contribution in [1.82, 2.24) is 4.90 Å². The second-order valence-electron chi connectivity index (χ2n) is 4.90. The van der Waals surface area contributed by atoms with Crippen LogP contribution in [0.4, 0.5) is 10.1 Å². The minimum Gasteiger partial charge on any atom is -0.373 e. The number of nitrogens with one attached hydrogen (secondary N) is 1. The van der Waals surface area contributed by atoms with Gasteiger partial charge in [0.2, 0.25) is 11.8 Å². The lowest BCUT2D eigenvalue weighted by Gasteiger charge is -2.20. The predicted molar refractivity (Wildman–Crippen MR) is 73.4 cm³/mol. The maximum absolute atomic E-state index is 13.1. The molecule has 20 heavy (non-hydrogen) atoms. The Morgan fingerprint density at radius 2 is 2.05 bits per heavy atom. The molecule has 1 fully saturated rings. The number of amides is 2.